The summed E-state index contributed by atoms with van der Waals surface area (Å²) in [5.74, 6) is -1.30. The van der Waals surface area contributed by atoms with E-state index in [1.165, 1.54) is 43.8 Å². The summed E-state index contributed by atoms with van der Waals surface area (Å²) in [6, 6.07) is 5.40. The van der Waals surface area contributed by atoms with E-state index >= 15 is 0 Å². The lowest BCUT2D eigenvalue weighted by Gasteiger charge is -2.11. The second-order valence-corrected chi connectivity index (χ2v) is 6.05. The zero-order valence-corrected chi connectivity index (χ0v) is 14.4. The van der Waals surface area contributed by atoms with Crippen LogP contribution in [-0.4, -0.2) is 32.7 Å². The van der Waals surface area contributed by atoms with Crippen molar-refractivity contribution in [3.63, 3.8) is 0 Å². The molecule has 25 heavy (non-hydrogen) atoms. The fraction of sp³-hybridized carbons (Fsp3) is 0.250. The highest BCUT2D eigenvalue weighted by atomic mass is 32.1. The number of carbonyl (C=O) groups is 2. The molecule has 0 saturated carbocycles. The molecule has 0 fully saturated rings. The van der Waals surface area contributed by atoms with Crippen molar-refractivity contribution in [2.75, 3.05) is 19.5 Å². The third-order valence-corrected chi connectivity index (χ3v) is 4.10. The number of alkyl halides is 2. The number of hydrogen-bond acceptors (Lipinski definition) is 6. The van der Waals surface area contributed by atoms with Crippen molar-refractivity contribution >= 4 is 28.2 Å². The van der Waals surface area contributed by atoms with Crippen LogP contribution in [0.15, 0.2) is 24.3 Å². The van der Waals surface area contributed by atoms with Gasteiger partial charge in [-0.05, 0) is 31.2 Å². The van der Waals surface area contributed by atoms with Gasteiger partial charge in [-0.15, -0.1) is 11.3 Å². The van der Waals surface area contributed by atoms with E-state index in [0.29, 0.717) is 5.00 Å². The zero-order valence-electron chi connectivity index (χ0n) is 13.6. The summed E-state index contributed by atoms with van der Waals surface area (Å²) >= 11 is 1.21. The predicted octanol–water partition coefficient (Wildman–Crippen LogP) is 3.71. The van der Waals surface area contributed by atoms with Gasteiger partial charge in [0, 0.05) is 10.4 Å². The Labute approximate surface area is 146 Å². The van der Waals surface area contributed by atoms with Crippen LogP contribution in [0.25, 0.3) is 0 Å². The van der Waals surface area contributed by atoms with E-state index in [1.54, 1.807) is 13.0 Å². The van der Waals surface area contributed by atoms with Crippen molar-refractivity contribution in [3.05, 3.63) is 40.3 Å². The van der Waals surface area contributed by atoms with E-state index in [9.17, 15) is 18.4 Å². The van der Waals surface area contributed by atoms with Crippen LogP contribution in [-0.2, 0) is 4.74 Å². The van der Waals surface area contributed by atoms with Crippen LogP contribution in [0.2, 0.25) is 0 Å². The molecule has 1 aromatic carbocycles. The summed E-state index contributed by atoms with van der Waals surface area (Å²) in [7, 11) is 2.51. The Bertz CT molecular complexity index is 791. The zero-order chi connectivity index (χ0) is 18.6. The van der Waals surface area contributed by atoms with E-state index in [0.717, 1.165) is 4.88 Å². The van der Waals surface area contributed by atoms with Crippen LogP contribution in [0.1, 0.15) is 25.6 Å². The number of esters is 1. The lowest BCUT2D eigenvalue weighted by Crippen LogP contribution is -2.14. The van der Waals surface area contributed by atoms with E-state index in [2.05, 4.69) is 14.8 Å². The molecule has 0 bridgehead atoms. The number of thiophene rings is 1. The summed E-state index contributed by atoms with van der Waals surface area (Å²) in [6.45, 7) is -1.23. The fourth-order valence-corrected chi connectivity index (χ4v) is 2.94. The standard InChI is InChI=1S/C16H15F2NO5S/c1-8-6-10(15(21)23-3)14(25-8)19-13(20)9-4-5-11(24-16(17)18)12(7-9)22-2/h4-7,16H,1-3H3,(H,19,20). The Hall–Kier alpha value is -2.68. The number of rotatable bonds is 6. The van der Waals surface area contributed by atoms with Gasteiger partial charge in [0.15, 0.2) is 11.5 Å². The van der Waals surface area contributed by atoms with Crippen LogP contribution < -0.4 is 14.8 Å². The topological polar surface area (TPSA) is 73.9 Å². The number of ether oxygens (including phenoxy) is 3. The Kier molecular flexibility index (Phi) is 5.92. The molecule has 0 unspecified atom stereocenters. The highest BCUT2D eigenvalue weighted by Crippen LogP contribution is 2.31. The summed E-state index contributed by atoms with van der Waals surface area (Å²) in [5.41, 5.74) is 0.392. The van der Waals surface area contributed by atoms with Gasteiger partial charge in [0.25, 0.3) is 5.91 Å². The van der Waals surface area contributed by atoms with Gasteiger partial charge in [-0.2, -0.15) is 8.78 Å². The maximum Gasteiger partial charge on any atom is 0.387 e. The first-order chi connectivity index (χ1) is 11.8. The molecule has 1 aromatic heterocycles. The summed E-state index contributed by atoms with van der Waals surface area (Å²) in [4.78, 5) is 24.9. The number of amides is 1. The Morgan fingerprint density at radius 2 is 1.88 bits per heavy atom. The molecule has 134 valence electrons. The maximum absolute atomic E-state index is 12.4. The molecule has 0 saturated heterocycles. The summed E-state index contributed by atoms with van der Waals surface area (Å²) in [5, 5.41) is 2.94. The number of nitrogens with one attached hydrogen (secondary N) is 1. The van der Waals surface area contributed by atoms with Crippen LogP contribution in [0.5, 0.6) is 11.5 Å². The van der Waals surface area contributed by atoms with Crippen LogP contribution >= 0.6 is 11.3 Å². The second-order valence-electron chi connectivity index (χ2n) is 4.79. The second kappa shape index (κ2) is 7.93. The minimum Gasteiger partial charge on any atom is -0.493 e. The molecule has 0 spiro atoms. The average Bonchev–Trinajstić information content (AvgIpc) is 2.94. The monoisotopic (exact) mass is 371 g/mol. The van der Waals surface area contributed by atoms with E-state index in [4.69, 9.17) is 4.74 Å². The molecule has 0 aliphatic rings. The molecule has 0 radical (unpaired) electrons. The number of benzene rings is 1. The van der Waals surface area contributed by atoms with Crippen molar-refractivity contribution in [2.45, 2.75) is 13.5 Å². The molecule has 2 aromatic rings. The summed E-state index contributed by atoms with van der Waals surface area (Å²) < 4.78 is 38.6. The largest absolute Gasteiger partial charge is 0.493 e. The van der Waals surface area contributed by atoms with Crippen molar-refractivity contribution in [3.8, 4) is 11.5 Å². The molecule has 0 atom stereocenters. The van der Waals surface area contributed by atoms with E-state index in [1.807, 2.05) is 0 Å². The van der Waals surface area contributed by atoms with Crippen LogP contribution in [0.4, 0.5) is 13.8 Å². The third kappa shape index (κ3) is 4.44. The number of hydrogen-bond donors (Lipinski definition) is 1. The molecular formula is C16H15F2NO5S. The molecule has 2 rings (SSSR count). The van der Waals surface area contributed by atoms with Gasteiger partial charge in [-0.1, -0.05) is 0 Å². The molecule has 1 heterocycles. The van der Waals surface area contributed by atoms with Gasteiger partial charge in [-0.3, -0.25) is 4.79 Å². The smallest absolute Gasteiger partial charge is 0.387 e. The van der Waals surface area contributed by atoms with Gasteiger partial charge >= 0.3 is 12.6 Å². The minimum absolute atomic E-state index is 0.0106. The average molecular weight is 371 g/mol. The number of anilines is 1. The van der Waals surface area contributed by atoms with Gasteiger partial charge in [0.1, 0.15) is 5.00 Å². The van der Waals surface area contributed by atoms with E-state index in [-0.39, 0.29) is 22.6 Å². The molecule has 0 aliphatic heterocycles. The van der Waals surface area contributed by atoms with Crippen LogP contribution in [0.3, 0.4) is 0 Å². The lowest BCUT2D eigenvalue weighted by molar-refractivity contribution is -0.0512. The number of methoxy groups -OCH3 is 2. The SMILES string of the molecule is COC(=O)c1cc(C)sc1NC(=O)c1ccc(OC(F)F)c(OC)c1. The molecular weight excluding hydrogens is 356 g/mol. The number of halogens is 2. The lowest BCUT2D eigenvalue weighted by atomic mass is 10.2. The molecule has 1 N–H and O–H groups in total. The molecule has 9 heteroatoms. The van der Waals surface area contributed by atoms with E-state index < -0.39 is 18.5 Å². The highest BCUT2D eigenvalue weighted by Gasteiger charge is 2.19. The van der Waals surface area contributed by atoms with Crippen molar-refractivity contribution < 1.29 is 32.6 Å². The number of aryl methyl sites for hydroxylation is 1. The molecule has 1 amide bonds. The summed E-state index contributed by atoms with van der Waals surface area (Å²) in [6.07, 6.45) is 0. The first-order valence-corrected chi connectivity index (χ1v) is 7.80. The van der Waals surface area contributed by atoms with Gasteiger partial charge in [0.05, 0.1) is 19.8 Å². The quantitative estimate of drug-likeness (QED) is 0.784. The van der Waals surface area contributed by atoms with Crippen molar-refractivity contribution in [1.82, 2.24) is 0 Å². The van der Waals surface area contributed by atoms with Crippen molar-refractivity contribution in [2.24, 2.45) is 0 Å². The van der Waals surface area contributed by atoms with Crippen LogP contribution in [0, 0.1) is 6.92 Å². The first kappa shape index (κ1) is 18.7. The van der Waals surface area contributed by atoms with Gasteiger partial charge < -0.3 is 19.5 Å². The molecule has 0 aliphatic carbocycles. The Morgan fingerprint density at radius 1 is 1.16 bits per heavy atom. The van der Waals surface area contributed by atoms with Crippen molar-refractivity contribution in [1.29, 1.82) is 0 Å². The minimum atomic E-state index is -3.01. The Balaban J connectivity index is 2.26. The third-order valence-electron chi connectivity index (χ3n) is 3.13. The maximum atomic E-state index is 12.4. The van der Waals surface area contributed by atoms with Gasteiger partial charge in [0.2, 0.25) is 0 Å². The molecule has 6 nitrogen and oxygen atoms in total. The number of carbonyl (C=O) groups excluding carboxylic acids is 2. The Morgan fingerprint density at radius 3 is 2.48 bits per heavy atom. The predicted molar refractivity (Wildman–Crippen MR) is 88.0 cm³/mol. The normalized spacial score (nSPS) is 10.5. The fourth-order valence-electron chi connectivity index (χ4n) is 2.05. The van der Waals surface area contributed by atoms with Gasteiger partial charge in [-0.25, -0.2) is 4.79 Å². The first-order valence-electron chi connectivity index (χ1n) is 6.98. The highest BCUT2D eigenvalue weighted by molar-refractivity contribution is 7.16.